The summed E-state index contributed by atoms with van der Waals surface area (Å²) >= 11 is 1.61. The summed E-state index contributed by atoms with van der Waals surface area (Å²) in [4.78, 5) is 35.2. The number of amides is 2. The van der Waals surface area contributed by atoms with Crippen LogP contribution in [0.25, 0.3) is 0 Å². The van der Waals surface area contributed by atoms with E-state index in [-0.39, 0.29) is 18.4 Å². The molecule has 0 aromatic heterocycles. The fraction of sp³-hybridized carbons (Fsp3) is 0.786. The molecule has 0 aliphatic heterocycles. The molecule has 2 amide bonds. The highest BCUT2D eigenvalue weighted by Crippen LogP contribution is 2.06. The van der Waals surface area contributed by atoms with Gasteiger partial charge in [0.1, 0.15) is 12.6 Å². The Morgan fingerprint density at radius 2 is 1.86 bits per heavy atom. The van der Waals surface area contributed by atoms with Gasteiger partial charge < -0.3 is 21.1 Å². The molecule has 0 aromatic rings. The third-order valence-corrected chi connectivity index (χ3v) is 3.59. The van der Waals surface area contributed by atoms with Gasteiger partial charge in [-0.2, -0.15) is 11.8 Å². The maximum absolute atomic E-state index is 12.1. The summed E-state index contributed by atoms with van der Waals surface area (Å²) in [5.41, 5.74) is 5.80. The molecule has 0 fully saturated rings. The fourth-order valence-corrected chi connectivity index (χ4v) is 2.20. The molecule has 0 saturated carbocycles. The predicted molar refractivity (Wildman–Crippen MR) is 87.4 cm³/mol. The van der Waals surface area contributed by atoms with Gasteiger partial charge in [-0.05, 0) is 30.8 Å². The molecule has 0 spiro atoms. The molecule has 0 bridgehead atoms. The van der Waals surface area contributed by atoms with E-state index in [9.17, 15) is 14.4 Å². The van der Waals surface area contributed by atoms with Crippen LogP contribution in [-0.2, 0) is 19.1 Å². The quantitative estimate of drug-likeness (QED) is 0.481. The SMILES string of the molecule is COC(=O)CNC(=O)C(CC(C)C)NC(=O)C(N)CCSC. The molecule has 0 heterocycles. The average Bonchev–Trinajstić information content (AvgIpc) is 2.48. The zero-order valence-corrected chi connectivity index (χ0v) is 14.5. The summed E-state index contributed by atoms with van der Waals surface area (Å²) in [5.74, 6) is -0.327. The van der Waals surface area contributed by atoms with Crippen LogP contribution in [0, 0.1) is 5.92 Å². The Labute approximate surface area is 136 Å². The van der Waals surface area contributed by atoms with Crippen LogP contribution >= 0.6 is 11.8 Å². The van der Waals surface area contributed by atoms with Crippen molar-refractivity contribution in [2.45, 2.75) is 38.8 Å². The number of carbonyl (C=O) groups is 3. The van der Waals surface area contributed by atoms with Gasteiger partial charge in [0.25, 0.3) is 0 Å². The van der Waals surface area contributed by atoms with Crippen molar-refractivity contribution in [1.29, 1.82) is 0 Å². The van der Waals surface area contributed by atoms with Crippen molar-refractivity contribution in [3.63, 3.8) is 0 Å². The Balaban J connectivity index is 4.58. The Hall–Kier alpha value is -1.28. The number of nitrogens with one attached hydrogen (secondary N) is 2. The van der Waals surface area contributed by atoms with Gasteiger partial charge in [-0.1, -0.05) is 13.8 Å². The first-order chi connectivity index (χ1) is 10.3. The second-order valence-electron chi connectivity index (χ2n) is 5.37. The minimum Gasteiger partial charge on any atom is -0.468 e. The Bertz CT molecular complexity index is 377. The summed E-state index contributed by atoms with van der Waals surface area (Å²) in [6.45, 7) is 3.67. The molecule has 0 radical (unpaired) electrons. The van der Waals surface area contributed by atoms with E-state index in [4.69, 9.17) is 5.73 Å². The van der Waals surface area contributed by atoms with Crippen LogP contribution in [-0.4, -0.2) is 55.5 Å². The first kappa shape index (κ1) is 20.7. The fourth-order valence-electron chi connectivity index (χ4n) is 1.71. The molecule has 4 N–H and O–H groups in total. The Morgan fingerprint density at radius 3 is 2.36 bits per heavy atom. The first-order valence-electron chi connectivity index (χ1n) is 7.21. The van der Waals surface area contributed by atoms with E-state index >= 15 is 0 Å². The molecule has 128 valence electrons. The first-order valence-corrected chi connectivity index (χ1v) is 8.60. The summed E-state index contributed by atoms with van der Waals surface area (Å²) in [7, 11) is 1.24. The van der Waals surface area contributed by atoms with E-state index < -0.39 is 24.0 Å². The Morgan fingerprint density at radius 1 is 1.23 bits per heavy atom. The minimum absolute atomic E-state index is 0.205. The zero-order valence-electron chi connectivity index (χ0n) is 13.7. The van der Waals surface area contributed by atoms with Crippen LogP contribution in [0.4, 0.5) is 0 Å². The monoisotopic (exact) mass is 333 g/mol. The lowest BCUT2D eigenvalue weighted by Gasteiger charge is -2.21. The van der Waals surface area contributed by atoms with Crippen molar-refractivity contribution < 1.29 is 19.1 Å². The summed E-state index contributed by atoms with van der Waals surface area (Å²) < 4.78 is 4.46. The number of methoxy groups -OCH3 is 1. The van der Waals surface area contributed by atoms with Gasteiger partial charge in [0.05, 0.1) is 13.2 Å². The van der Waals surface area contributed by atoms with Gasteiger partial charge in [0, 0.05) is 0 Å². The van der Waals surface area contributed by atoms with E-state index in [1.54, 1.807) is 11.8 Å². The summed E-state index contributed by atoms with van der Waals surface area (Å²) in [5, 5.41) is 5.11. The standard InChI is InChI=1S/C14H27N3O4S/c1-9(2)7-11(14(20)16-8-12(18)21-3)17-13(19)10(15)5-6-22-4/h9-11H,5-8,15H2,1-4H3,(H,16,20)(H,17,19). The number of thioether (sulfide) groups is 1. The van der Waals surface area contributed by atoms with Crippen molar-refractivity contribution in [2.24, 2.45) is 11.7 Å². The van der Waals surface area contributed by atoms with Crippen molar-refractivity contribution >= 4 is 29.5 Å². The van der Waals surface area contributed by atoms with E-state index in [1.165, 1.54) is 7.11 Å². The predicted octanol–water partition coefficient (Wildman–Crippen LogP) is -0.113. The lowest BCUT2D eigenvalue weighted by atomic mass is 10.0. The number of rotatable bonds is 10. The summed E-state index contributed by atoms with van der Waals surface area (Å²) in [6.07, 6.45) is 2.95. The molecule has 7 nitrogen and oxygen atoms in total. The number of esters is 1. The topological polar surface area (TPSA) is 111 Å². The van der Waals surface area contributed by atoms with Crippen molar-refractivity contribution in [3.05, 3.63) is 0 Å². The molecule has 0 aliphatic carbocycles. The second-order valence-corrected chi connectivity index (χ2v) is 6.36. The highest BCUT2D eigenvalue weighted by atomic mass is 32.2. The average molecular weight is 333 g/mol. The van der Waals surface area contributed by atoms with Gasteiger partial charge in [-0.25, -0.2) is 0 Å². The lowest BCUT2D eigenvalue weighted by molar-refractivity contribution is -0.141. The molecule has 2 unspecified atom stereocenters. The van der Waals surface area contributed by atoms with Gasteiger partial charge >= 0.3 is 5.97 Å². The van der Waals surface area contributed by atoms with E-state index in [0.29, 0.717) is 12.8 Å². The van der Waals surface area contributed by atoms with Gasteiger partial charge in [-0.3, -0.25) is 14.4 Å². The minimum atomic E-state index is -0.711. The number of carbonyl (C=O) groups excluding carboxylic acids is 3. The third kappa shape index (κ3) is 8.89. The molecule has 0 aromatic carbocycles. The van der Waals surface area contributed by atoms with E-state index in [1.807, 2.05) is 20.1 Å². The summed E-state index contributed by atoms with van der Waals surface area (Å²) in [6, 6.07) is -1.35. The van der Waals surface area contributed by atoms with Crippen molar-refractivity contribution in [2.75, 3.05) is 25.7 Å². The third-order valence-electron chi connectivity index (χ3n) is 2.94. The molecular formula is C14H27N3O4S. The Kier molecular flexibility index (Phi) is 10.7. The largest absolute Gasteiger partial charge is 0.468 e. The number of ether oxygens (including phenoxy) is 1. The highest BCUT2D eigenvalue weighted by molar-refractivity contribution is 7.98. The van der Waals surface area contributed by atoms with Crippen molar-refractivity contribution in [1.82, 2.24) is 10.6 Å². The number of nitrogens with two attached hydrogens (primary N) is 1. The van der Waals surface area contributed by atoms with Crippen LogP contribution < -0.4 is 16.4 Å². The second kappa shape index (κ2) is 11.3. The van der Waals surface area contributed by atoms with E-state index in [2.05, 4.69) is 15.4 Å². The van der Waals surface area contributed by atoms with Gasteiger partial charge in [0.15, 0.2) is 0 Å². The smallest absolute Gasteiger partial charge is 0.325 e. The molecule has 0 saturated heterocycles. The van der Waals surface area contributed by atoms with Gasteiger partial charge in [0.2, 0.25) is 11.8 Å². The van der Waals surface area contributed by atoms with Crippen LogP contribution in [0.15, 0.2) is 0 Å². The normalized spacial score (nSPS) is 13.4. The van der Waals surface area contributed by atoms with Crippen LogP contribution in [0.1, 0.15) is 26.7 Å². The molecular weight excluding hydrogens is 306 g/mol. The molecule has 0 aliphatic rings. The maximum Gasteiger partial charge on any atom is 0.325 e. The molecule has 2 atom stereocenters. The zero-order chi connectivity index (χ0) is 17.1. The van der Waals surface area contributed by atoms with E-state index in [0.717, 1.165) is 5.75 Å². The molecule has 0 rings (SSSR count). The van der Waals surface area contributed by atoms with Gasteiger partial charge in [-0.15, -0.1) is 0 Å². The molecule has 8 heteroatoms. The number of hydrogen-bond acceptors (Lipinski definition) is 6. The lowest BCUT2D eigenvalue weighted by Crippen LogP contribution is -2.52. The van der Waals surface area contributed by atoms with Crippen molar-refractivity contribution in [3.8, 4) is 0 Å². The van der Waals surface area contributed by atoms with Crippen LogP contribution in [0.5, 0.6) is 0 Å². The van der Waals surface area contributed by atoms with Crippen LogP contribution in [0.2, 0.25) is 0 Å². The molecule has 22 heavy (non-hydrogen) atoms. The van der Waals surface area contributed by atoms with Crippen LogP contribution in [0.3, 0.4) is 0 Å². The highest BCUT2D eigenvalue weighted by Gasteiger charge is 2.24. The number of hydrogen-bond donors (Lipinski definition) is 3. The maximum atomic E-state index is 12.1.